The summed E-state index contributed by atoms with van der Waals surface area (Å²) >= 11 is 0. The van der Waals surface area contributed by atoms with Crippen LogP contribution in [0, 0.1) is 44.3 Å². The van der Waals surface area contributed by atoms with Gasteiger partial charge in [-0.05, 0) is 91.3 Å². The van der Waals surface area contributed by atoms with Gasteiger partial charge < -0.3 is 4.74 Å². The molecular formula is C32H50O3. The molecule has 3 saturated carbocycles. The number of Topliss-reactive ketones (excluding diaryl/α,β-unsaturated/α-hetero) is 1. The zero-order chi connectivity index (χ0) is 25.8. The summed E-state index contributed by atoms with van der Waals surface area (Å²) < 4.78 is 5.82. The van der Waals surface area contributed by atoms with E-state index in [9.17, 15) is 9.59 Å². The van der Waals surface area contributed by atoms with Crippen LogP contribution < -0.4 is 0 Å². The van der Waals surface area contributed by atoms with E-state index in [1.165, 1.54) is 50.2 Å². The molecule has 0 aromatic carbocycles. The molecule has 0 aromatic heterocycles. The third-order valence-corrected chi connectivity index (χ3v) is 13.0. The lowest BCUT2D eigenvalue weighted by Crippen LogP contribution is -2.62. The first kappa shape index (κ1) is 25.5. The predicted molar refractivity (Wildman–Crippen MR) is 141 cm³/mol. The maximum absolute atomic E-state index is 14.2. The van der Waals surface area contributed by atoms with Gasteiger partial charge in [-0.3, -0.25) is 9.59 Å². The number of allylic oxidation sites excluding steroid dienone is 2. The van der Waals surface area contributed by atoms with Crippen LogP contribution in [0.15, 0.2) is 11.1 Å². The summed E-state index contributed by atoms with van der Waals surface area (Å²) in [7, 11) is 0. The van der Waals surface area contributed by atoms with Crippen LogP contribution >= 0.6 is 0 Å². The summed E-state index contributed by atoms with van der Waals surface area (Å²) in [4.78, 5) is 26.1. The van der Waals surface area contributed by atoms with Gasteiger partial charge in [0.1, 0.15) is 6.10 Å². The fraction of sp³-hybridized carbons (Fsp3) is 0.875. The maximum Gasteiger partial charge on any atom is 0.302 e. The average Bonchev–Trinajstić information content (AvgIpc) is 2.74. The van der Waals surface area contributed by atoms with E-state index in [4.69, 9.17) is 4.74 Å². The van der Waals surface area contributed by atoms with Gasteiger partial charge in [0, 0.05) is 29.7 Å². The van der Waals surface area contributed by atoms with Gasteiger partial charge in [0.25, 0.3) is 0 Å². The summed E-state index contributed by atoms with van der Waals surface area (Å²) in [5, 5.41) is 0. The Labute approximate surface area is 214 Å². The van der Waals surface area contributed by atoms with Crippen molar-refractivity contribution in [2.75, 3.05) is 0 Å². The molecule has 0 aromatic rings. The lowest BCUT2D eigenvalue weighted by atomic mass is 9.35. The van der Waals surface area contributed by atoms with E-state index in [2.05, 4.69) is 55.4 Å². The van der Waals surface area contributed by atoms with Gasteiger partial charge >= 0.3 is 5.97 Å². The lowest BCUT2D eigenvalue weighted by Gasteiger charge is -2.69. The Kier molecular flexibility index (Phi) is 5.45. The molecule has 0 saturated heterocycles. The molecule has 196 valence electrons. The molecule has 5 aliphatic rings. The molecule has 5 aliphatic carbocycles. The normalized spacial score (nSPS) is 48.3. The molecule has 3 heteroatoms. The van der Waals surface area contributed by atoms with Gasteiger partial charge in [0.05, 0.1) is 0 Å². The number of esters is 1. The van der Waals surface area contributed by atoms with Crippen molar-refractivity contribution >= 4 is 11.8 Å². The van der Waals surface area contributed by atoms with Gasteiger partial charge in [-0.1, -0.05) is 61.0 Å². The van der Waals surface area contributed by atoms with Crippen LogP contribution in [0.5, 0.6) is 0 Å². The molecule has 5 rings (SSSR count). The lowest BCUT2D eigenvalue weighted by molar-refractivity contribution is -0.172. The largest absolute Gasteiger partial charge is 0.462 e. The van der Waals surface area contributed by atoms with Crippen molar-refractivity contribution in [3.63, 3.8) is 0 Å². The number of hydrogen-bond acceptors (Lipinski definition) is 3. The monoisotopic (exact) mass is 482 g/mol. The van der Waals surface area contributed by atoms with E-state index in [0.717, 1.165) is 25.7 Å². The van der Waals surface area contributed by atoms with Gasteiger partial charge in [0.2, 0.25) is 0 Å². The van der Waals surface area contributed by atoms with Crippen molar-refractivity contribution in [3.8, 4) is 0 Å². The molecule has 0 unspecified atom stereocenters. The third-order valence-electron chi connectivity index (χ3n) is 13.0. The van der Waals surface area contributed by atoms with Crippen LogP contribution in [0.25, 0.3) is 0 Å². The summed E-state index contributed by atoms with van der Waals surface area (Å²) in [6.45, 7) is 21.0. The van der Waals surface area contributed by atoms with Crippen molar-refractivity contribution in [2.45, 2.75) is 133 Å². The molecule has 0 heterocycles. The highest BCUT2D eigenvalue weighted by Crippen LogP contribution is 2.74. The molecule has 0 bridgehead atoms. The minimum absolute atomic E-state index is 0.0277. The van der Waals surface area contributed by atoms with Crippen molar-refractivity contribution in [1.82, 2.24) is 0 Å². The summed E-state index contributed by atoms with van der Waals surface area (Å²) in [5.41, 5.74) is 3.53. The SMILES string of the molecule is CC(=O)O[C@H]1CC[C@]2(C)C3=C(C(=O)C[C@H]2C1(C)C)[C@@]1(C)CC[C@@]2(C)CCC(C)(C)C[C@H]2[C@]1(C)CC3. The van der Waals surface area contributed by atoms with Crippen molar-refractivity contribution in [3.05, 3.63) is 11.1 Å². The Bertz CT molecular complexity index is 987. The highest BCUT2D eigenvalue weighted by molar-refractivity contribution is 5.99. The Morgan fingerprint density at radius 2 is 1.51 bits per heavy atom. The molecule has 0 aliphatic heterocycles. The molecule has 0 N–H and O–H groups in total. The summed E-state index contributed by atoms with van der Waals surface area (Å²) in [6, 6.07) is 0. The Morgan fingerprint density at radius 1 is 0.857 bits per heavy atom. The highest BCUT2D eigenvalue weighted by atomic mass is 16.5. The van der Waals surface area contributed by atoms with E-state index in [-0.39, 0.29) is 39.7 Å². The van der Waals surface area contributed by atoms with Crippen LogP contribution in [0.2, 0.25) is 0 Å². The molecular weight excluding hydrogens is 432 g/mol. The second-order valence-electron chi connectivity index (χ2n) is 15.7. The van der Waals surface area contributed by atoms with Gasteiger partial charge in [-0.25, -0.2) is 0 Å². The number of carbonyl (C=O) groups excluding carboxylic acids is 2. The molecule has 3 fully saturated rings. The number of hydrogen-bond donors (Lipinski definition) is 0. The quantitative estimate of drug-likeness (QED) is 0.355. The standard InChI is InChI=1S/C32H50O3/c1-20(33)35-25-11-12-30(7)21-10-13-31(8)24-19-27(2,3)14-15-29(24,6)16-17-32(31,9)26(21)22(34)18-23(30)28(25,4)5/h23-25H,10-19H2,1-9H3/t23-,24+,25-,29+,30+,31-,32+/m0/s1. The first-order valence-corrected chi connectivity index (χ1v) is 14.4. The number of ether oxygens (including phenoxy) is 1. The predicted octanol–water partition coefficient (Wildman–Crippen LogP) is 8.06. The van der Waals surface area contributed by atoms with Crippen LogP contribution in [0.4, 0.5) is 0 Å². The van der Waals surface area contributed by atoms with Gasteiger partial charge in [-0.15, -0.1) is 0 Å². The second kappa shape index (κ2) is 7.47. The summed E-state index contributed by atoms with van der Waals surface area (Å²) in [5.74, 6) is 1.12. The number of carbonyl (C=O) groups is 2. The van der Waals surface area contributed by atoms with E-state index in [1.54, 1.807) is 0 Å². The van der Waals surface area contributed by atoms with E-state index >= 15 is 0 Å². The fourth-order valence-corrected chi connectivity index (χ4v) is 10.5. The van der Waals surface area contributed by atoms with Crippen molar-refractivity contribution in [2.24, 2.45) is 44.3 Å². The van der Waals surface area contributed by atoms with Crippen LogP contribution in [-0.2, 0) is 14.3 Å². The number of rotatable bonds is 1. The average molecular weight is 483 g/mol. The van der Waals surface area contributed by atoms with E-state index in [1.807, 2.05) is 0 Å². The Morgan fingerprint density at radius 3 is 2.17 bits per heavy atom. The topological polar surface area (TPSA) is 43.4 Å². The van der Waals surface area contributed by atoms with Crippen molar-refractivity contribution < 1.29 is 14.3 Å². The van der Waals surface area contributed by atoms with Crippen LogP contribution in [0.3, 0.4) is 0 Å². The Hall–Kier alpha value is -1.12. The Balaban J connectivity index is 1.59. The molecule has 0 spiro atoms. The smallest absolute Gasteiger partial charge is 0.302 e. The van der Waals surface area contributed by atoms with Crippen LogP contribution in [0.1, 0.15) is 127 Å². The number of fused-ring (bicyclic) bond motifs is 6. The van der Waals surface area contributed by atoms with Gasteiger partial charge in [-0.2, -0.15) is 0 Å². The maximum atomic E-state index is 14.2. The van der Waals surface area contributed by atoms with Crippen molar-refractivity contribution in [1.29, 1.82) is 0 Å². The molecule has 3 nitrogen and oxygen atoms in total. The fourth-order valence-electron chi connectivity index (χ4n) is 10.5. The summed E-state index contributed by atoms with van der Waals surface area (Å²) in [6.07, 6.45) is 11.1. The van der Waals surface area contributed by atoms with Crippen LogP contribution in [-0.4, -0.2) is 17.9 Å². The number of ketones is 1. The zero-order valence-corrected chi connectivity index (χ0v) is 24.0. The highest BCUT2D eigenvalue weighted by Gasteiger charge is 2.67. The van der Waals surface area contributed by atoms with Gasteiger partial charge in [0.15, 0.2) is 5.78 Å². The molecule has 7 atom stereocenters. The minimum atomic E-state index is -0.201. The zero-order valence-electron chi connectivity index (χ0n) is 24.0. The first-order chi connectivity index (χ1) is 16.0. The molecule has 35 heavy (non-hydrogen) atoms. The molecule has 0 amide bonds. The third kappa shape index (κ3) is 3.34. The van der Waals surface area contributed by atoms with E-state index < -0.39 is 0 Å². The molecule has 0 radical (unpaired) electrons. The van der Waals surface area contributed by atoms with E-state index in [0.29, 0.717) is 29.0 Å². The first-order valence-electron chi connectivity index (χ1n) is 14.4. The second-order valence-corrected chi connectivity index (χ2v) is 15.7. The minimum Gasteiger partial charge on any atom is -0.462 e.